The molecule has 2 aliphatic rings. The Balaban J connectivity index is 1.69. The molecule has 4 rings (SSSR count). The lowest BCUT2D eigenvalue weighted by atomic mass is 10.1. The highest BCUT2D eigenvalue weighted by Crippen LogP contribution is 2.36. The van der Waals surface area contributed by atoms with Crippen molar-refractivity contribution in [3.05, 3.63) is 53.6 Å². The highest BCUT2D eigenvalue weighted by molar-refractivity contribution is 5.98. The Morgan fingerprint density at radius 1 is 1.00 bits per heavy atom. The van der Waals surface area contributed by atoms with Crippen molar-refractivity contribution in [3.8, 4) is 17.2 Å². The number of carbonyl (C=O) groups is 1. The van der Waals surface area contributed by atoms with E-state index >= 15 is 0 Å². The van der Waals surface area contributed by atoms with E-state index in [1.807, 2.05) is 30.3 Å². The molecule has 2 aromatic rings. The maximum absolute atomic E-state index is 12.1. The lowest BCUT2D eigenvalue weighted by Gasteiger charge is -2.27. The van der Waals surface area contributed by atoms with Gasteiger partial charge in [-0.1, -0.05) is 12.1 Å². The second kappa shape index (κ2) is 4.16. The summed E-state index contributed by atoms with van der Waals surface area (Å²) in [5, 5.41) is 2.82. The zero-order valence-electron chi connectivity index (χ0n) is 10.5. The summed E-state index contributed by atoms with van der Waals surface area (Å²) in [7, 11) is 0. The first-order chi connectivity index (χ1) is 9.81. The number of hydrogen-bond donors (Lipinski definition) is 1. The van der Waals surface area contributed by atoms with E-state index in [1.165, 1.54) is 0 Å². The van der Waals surface area contributed by atoms with E-state index in [0.29, 0.717) is 22.8 Å². The fraction of sp³-hybridized carbons (Fsp3) is 0.133. The summed E-state index contributed by atoms with van der Waals surface area (Å²) >= 11 is 0. The van der Waals surface area contributed by atoms with Crippen LogP contribution < -0.4 is 19.5 Å². The van der Waals surface area contributed by atoms with Crippen LogP contribution in [0.5, 0.6) is 17.2 Å². The van der Waals surface area contributed by atoms with Gasteiger partial charge in [0.15, 0.2) is 17.7 Å². The van der Waals surface area contributed by atoms with Gasteiger partial charge in [-0.2, -0.15) is 0 Å². The Hall–Kier alpha value is -2.69. The van der Waals surface area contributed by atoms with Crippen LogP contribution >= 0.6 is 0 Å². The van der Waals surface area contributed by atoms with Gasteiger partial charge < -0.3 is 19.5 Å². The zero-order valence-corrected chi connectivity index (χ0v) is 10.5. The summed E-state index contributed by atoms with van der Waals surface area (Å²) < 4.78 is 16.4. The van der Waals surface area contributed by atoms with Gasteiger partial charge in [-0.3, -0.25) is 4.79 Å². The van der Waals surface area contributed by atoms with E-state index in [-0.39, 0.29) is 12.7 Å². The van der Waals surface area contributed by atoms with Gasteiger partial charge in [0.25, 0.3) is 5.91 Å². The maximum atomic E-state index is 12.1. The molecule has 5 heteroatoms. The van der Waals surface area contributed by atoms with Crippen molar-refractivity contribution >= 4 is 5.91 Å². The summed E-state index contributed by atoms with van der Waals surface area (Å²) in [4.78, 5) is 12.1. The summed E-state index contributed by atoms with van der Waals surface area (Å²) in [6.07, 6.45) is -0.521. The van der Waals surface area contributed by atoms with Gasteiger partial charge in [-0.15, -0.1) is 0 Å². The summed E-state index contributed by atoms with van der Waals surface area (Å²) in [5.74, 6) is 1.81. The molecule has 0 aliphatic carbocycles. The number of rotatable bonds is 1. The fourth-order valence-corrected chi connectivity index (χ4v) is 2.34. The molecular weight excluding hydrogens is 258 g/mol. The third-order valence-electron chi connectivity index (χ3n) is 3.34. The second-order valence-corrected chi connectivity index (χ2v) is 4.58. The van der Waals surface area contributed by atoms with Gasteiger partial charge in [-0.25, -0.2) is 0 Å². The number of fused-ring (bicyclic) bond motifs is 2. The van der Waals surface area contributed by atoms with Crippen LogP contribution in [0.4, 0.5) is 0 Å². The number of carbonyl (C=O) groups excluding carboxylic acids is 1. The molecule has 2 aromatic carbocycles. The van der Waals surface area contributed by atoms with Crippen LogP contribution in [0, 0.1) is 0 Å². The highest BCUT2D eigenvalue weighted by Gasteiger charge is 2.27. The largest absolute Gasteiger partial charge is 0.466 e. The van der Waals surface area contributed by atoms with Crippen molar-refractivity contribution in [2.45, 2.75) is 6.23 Å². The molecule has 20 heavy (non-hydrogen) atoms. The molecule has 0 aromatic heterocycles. The van der Waals surface area contributed by atoms with Crippen LogP contribution in [0.25, 0.3) is 0 Å². The van der Waals surface area contributed by atoms with Gasteiger partial charge in [-0.05, 0) is 30.3 Å². The predicted octanol–water partition coefficient (Wildman–Crippen LogP) is 2.24. The van der Waals surface area contributed by atoms with Crippen LogP contribution in [-0.4, -0.2) is 12.7 Å². The topological polar surface area (TPSA) is 56.8 Å². The van der Waals surface area contributed by atoms with Gasteiger partial charge in [0.2, 0.25) is 6.79 Å². The monoisotopic (exact) mass is 269 g/mol. The average molecular weight is 269 g/mol. The summed E-state index contributed by atoms with van der Waals surface area (Å²) in [6.45, 7) is 0.222. The predicted molar refractivity (Wildman–Crippen MR) is 69.8 cm³/mol. The Morgan fingerprint density at radius 3 is 2.80 bits per heavy atom. The van der Waals surface area contributed by atoms with E-state index in [0.717, 1.165) is 5.56 Å². The molecular formula is C15H11NO4. The minimum atomic E-state index is -0.521. The molecule has 0 spiro atoms. The Labute approximate surface area is 115 Å². The molecule has 0 saturated heterocycles. The Kier molecular flexibility index (Phi) is 2.32. The molecule has 100 valence electrons. The van der Waals surface area contributed by atoms with Gasteiger partial charge >= 0.3 is 0 Å². The first kappa shape index (κ1) is 11.2. The number of para-hydroxylation sites is 1. The molecule has 0 radical (unpaired) electrons. The minimum absolute atomic E-state index is 0.144. The standard InChI is InChI=1S/C15H11NO4/c17-14-10-3-1-2-4-11(10)20-15(16-14)9-5-6-12-13(7-9)19-8-18-12/h1-7,15H,8H2,(H,16,17)/t15-/m0/s1. The van der Waals surface area contributed by atoms with Crippen LogP contribution in [0.15, 0.2) is 42.5 Å². The molecule has 0 fully saturated rings. The van der Waals surface area contributed by atoms with E-state index in [1.54, 1.807) is 12.1 Å². The van der Waals surface area contributed by atoms with Crippen LogP contribution in [0.3, 0.4) is 0 Å². The van der Waals surface area contributed by atoms with Crippen LogP contribution in [-0.2, 0) is 0 Å². The molecule has 0 saturated carbocycles. The second-order valence-electron chi connectivity index (χ2n) is 4.58. The van der Waals surface area contributed by atoms with E-state index < -0.39 is 6.23 Å². The normalized spacial score (nSPS) is 19.0. The smallest absolute Gasteiger partial charge is 0.258 e. The van der Waals surface area contributed by atoms with Crippen molar-refractivity contribution in [3.63, 3.8) is 0 Å². The molecule has 1 atom stereocenters. The van der Waals surface area contributed by atoms with Crippen molar-refractivity contribution < 1.29 is 19.0 Å². The third kappa shape index (κ3) is 1.67. The summed E-state index contributed by atoms with van der Waals surface area (Å²) in [5.41, 5.74) is 1.36. The third-order valence-corrected chi connectivity index (χ3v) is 3.34. The lowest BCUT2D eigenvalue weighted by Crippen LogP contribution is -2.36. The molecule has 2 heterocycles. The molecule has 1 N–H and O–H groups in total. The minimum Gasteiger partial charge on any atom is -0.466 e. The van der Waals surface area contributed by atoms with Crippen molar-refractivity contribution in [2.75, 3.05) is 6.79 Å². The Bertz CT molecular complexity index is 698. The number of nitrogens with one attached hydrogen (secondary N) is 1. The number of hydrogen-bond acceptors (Lipinski definition) is 4. The SMILES string of the molecule is O=C1N[C@H](c2ccc3c(c2)OCO3)Oc2ccccc21. The Morgan fingerprint density at radius 2 is 1.85 bits per heavy atom. The van der Waals surface area contributed by atoms with E-state index in [4.69, 9.17) is 14.2 Å². The highest BCUT2D eigenvalue weighted by atomic mass is 16.7. The van der Waals surface area contributed by atoms with Crippen LogP contribution in [0.2, 0.25) is 0 Å². The lowest BCUT2D eigenvalue weighted by molar-refractivity contribution is 0.0755. The van der Waals surface area contributed by atoms with E-state index in [9.17, 15) is 4.79 Å². The van der Waals surface area contributed by atoms with E-state index in [2.05, 4.69) is 5.32 Å². The number of ether oxygens (including phenoxy) is 3. The van der Waals surface area contributed by atoms with Crippen molar-refractivity contribution in [2.24, 2.45) is 0 Å². The average Bonchev–Trinajstić information content (AvgIpc) is 2.94. The quantitative estimate of drug-likeness (QED) is 0.862. The van der Waals surface area contributed by atoms with Crippen molar-refractivity contribution in [1.29, 1.82) is 0 Å². The molecule has 5 nitrogen and oxygen atoms in total. The molecule has 1 amide bonds. The van der Waals surface area contributed by atoms with Crippen LogP contribution in [0.1, 0.15) is 22.1 Å². The van der Waals surface area contributed by atoms with Gasteiger partial charge in [0.05, 0.1) is 5.56 Å². The fourth-order valence-electron chi connectivity index (χ4n) is 2.34. The summed E-state index contributed by atoms with van der Waals surface area (Å²) in [6, 6.07) is 12.7. The van der Waals surface area contributed by atoms with Crippen molar-refractivity contribution in [1.82, 2.24) is 5.32 Å². The first-order valence-electron chi connectivity index (χ1n) is 6.27. The molecule has 0 unspecified atom stereocenters. The molecule has 0 bridgehead atoms. The maximum Gasteiger partial charge on any atom is 0.258 e. The number of amides is 1. The zero-order chi connectivity index (χ0) is 13.5. The van der Waals surface area contributed by atoms with Gasteiger partial charge in [0.1, 0.15) is 5.75 Å². The molecule has 2 aliphatic heterocycles. The number of benzene rings is 2. The first-order valence-corrected chi connectivity index (χ1v) is 6.27. The van der Waals surface area contributed by atoms with Gasteiger partial charge in [0, 0.05) is 5.56 Å².